The summed E-state index contributed by atoms with van der Waals surface area (Å²) in [7, 11) is -10.7. The molecule has 1 saturated carbocycles. The predicted octanol–water partition coefficient (Wildman–Crippen LogP) is 8.70. The molecular formula is C51H82O17P2. The summed E-state index contributed by atoms with van der Waals surface area (Å²) < 4.78 is 49.2. The Balaban J connectivity index is 2.68. The molecule has 398 valence electrons. The molecule has 19 heteroatoms. The number of ether oxygens (including phenoxy) is 2. The van der Waals surface area contributed by atoms with E-state index in [1.807, 2.05) is 55.5 Å². The van der Waals surface area contributed by atoms with Crippen LogP contribution in [0.2, 0.25) is 0 Å². The van der Waals surface area contributed by atoms with Crippen molar-refractivity contribution in [1.82, 2.24) is 0 Å². The highest BCUT2D eigenvalue weighted by Crippen LogP contribution is 2.49. The summed E-state index contributed by atoms with van der Waals surface area (Å²) in [5.41, 5.74) is 0. The summed E-state index contributed by atoms with van der Waals surface area (Å²) in [6, 6.07) is 0. The van der Waals surface area contributed by atoms with Crippen LogP contribution in [0.3, 0.4) is 0 Å². The molecule has 1 aliphatic rings. The van der Waals surface area contributed by atoms with Gasteiger partial charge in [0, 0.05) is 12.8 Å². The van der Waals surface area contributed by atoms with Gasteiger partial charge in [-0.05, 0) is 96.3 Å². The van der Waals surface area contributed by atoms with Crippen molar-refractivity contribution >= 4 is 27.6 Å². The third kappa shape index (κ3) is 34.1. The number of phosphoric acid groups is 2. The van der Waals surface area contributed by atoms with E-state index in [4.69, 9.17) is 18.5 Å². The molecule has 0 saturated heterocycles. The third-order valence-electron chi connectivity index (χ3n) is 10.5. The Bertz CT molecular complexity index is 1780. The van der Waals surface area contributed by atoms with Crippen LogP contribution in [-0.4, -0.2) is 114 Å². The monoisotopic (exact) mass is 1030 g/mol. The maximum absolute atomic E-state index is 13.0. The van der Waals surface area contributed by atoms with E-state index in [9.17, 15) is 58.9 Å². The molecule has 8 N–H and O–H groups in total. The van der Waals surface area contributed by atoms with Gasteiger partial charge in [-0.1, -0.05) is 136 Å². The van der Waals surface area contributed by atoms with Gasteiger partial charge >= 0.3 is 27.6 Å². The van der Waals surface area contributed by atoms with Crippen LogP contribution in [0.4, 0.5) is 0 Å². The molecular weight excluding hydrogens is 946 g/mol. The largest absolute Gasteiger partial charge is 0.472 e. The molecule has 0 aromatic heterocycles. The van der Waals surface area contributed by atoms with Crippen LogP contribution >= 0.6 is 15.6 Å². The van der Waals surface area contributed by atoms with Crippen LogP contribution in [0, 0.1) is 0 Å². The lowest BCUT2D eigenvalue weighted by molar-refractivity contribution is -0.216. The van der Waals surface area contributed by atoms with Crippen LogP contribution in [0.25, 0.3) is 0 Å². The van der Waals surface area contributed by atoms with E-state index < -0.39 is 83.5 Å². The second-order valence-corrected chi connectivity index (χ2v) is 19.2. The van der Waals surface area contributed by atoms with E-state index in [0.717, 1.165) is 57.8 Å². The van der Waals surface area contributed by atoms with Crippen molar-refractivity contribution in [3.05, 3.63) is 109 Å². The lowest BCUT2D eigenvalue weighted by atomic mass is 9.85. The molecule has 0 aliphatic heterocycles. The van der Waals surface area contributed by atoms with Crippen LogP contribution in [0.5, 0.6) is 0 Å². The number of esters is 2. The zero-order valence-corrected chi connectivity index (χ0v) is 42.8. The number of carbonyl (C=O) groups is 2. The van der Waals surface area contributed by atoms with E-state index in [-0.39, 0.29) is 18.9 Å². The van der Waals surface area contributed by atoms with E-state index in [2.05, 4.69) is 72.2 Å². The van der Waals surface area contributed by atoms with Crippen molar-refractivity contribution < 1.29 is 82.0 Å². The summed E-state index contributed by atoms with van der Waals surface area (Å²) in [5.74, 6) is -1.40. The standard InChI is InChI=1S/C51H82O17P2/c1-3-5-6-7-8-9-10-11-12-13-14-15-16-20-23-26-29-32-35-38-44(53)64-40-43(41-65-70(62,63)68-51-48(57)46(55)47(56)50(49(51)58)67-69(59,60)61)66-45(54)39-36-33-30-27-24-21-18-17-19-22-25-28-31-34-37-42(52)4-2/h8-9,11-12,14-15,18-23,27-32,42-43,46-52,55-58H,3-7,10,13,16-17,24-26,33-41H2,1-2H3,(H,62,63)(H2,59,60,61)/b9-8-,12-11-,15-14-,21-18-,22-19-,23-20-,30-27-,31-28-,32-29-/t42-,43-,46?,47?,48?,49?,50-,51+/m1/s1. The van der Waals surface area contributed by atoms with Crippen molar-refractivity contribution in [3.8, 4) is 0 Å². The molecule has 17 nitrogen and oxygen atoms in total. The molecule has 1 rings (SSSR count). The van der Waals surface area contributed by atoms with Crippen LogP contribution in [0.1, 0.15) is 136 Å². The number of rotatable bonds is 39. The zero-order valence-electron chi connectivity index (χ0n) is 41.0. The van der Waals surface area contributed by atoms with Gasteiger partial charge in [0.2, 0.25) is 0 Å². The lowest BCUT2D eigenvalue weighted by Crippen LogP contribution is -2.64. The fraction of sp³-hybridized carbons (Fsp3) is 0.608. The molecule has 1 aliphatic carbocycles. The maximum atomic E-state index is 13.0. The van der Waals surface area contributed by atoms with Crippen LogP contribution in [0.15, 0.2) is 109 Å². The molecule has 0 amide bonds. The third-order valence-corrected chi connectivity index (χ3v) is 12.0. The van der Waals surface area contributed by atoms with Gasteiger partial charge in [0.05, 0.1) is 12.7 Å². The Morgan fingerprint density at radius 2 is 0.957 bits per heavy atom. The van der Waals surface area contributed by atoms with Gasteiger partial charge < -0.3 is 49.7 Å². The minimum absolute atomic E-state index is 0.0279. The molecule has 0 radical (unpaired) electrons. The Morgan fingerprint density at radius 1 is 0.514 bits per heavy atom. The number of aliphatic hydroxyl groups is 5. The molecule has 5 unspecified atom stereocenters. The van der Waals surface area contributed by atoms with Gasteiger partial charge in [-0.3, -0.25) is 23.2 Å². The van der Waals surface area contributed by atoms with E-state index in [1.165, 1.54) is 19.3 Å². The van der Waals surface area contributed by atoms with Crippen molar-refractivity contribution in [3.63, 3.8) is 0 Å². The minimum atomic E-state index is -5.39. The van der Waals surface area contributed by atoms with E-state index in [0.29, 0.717) is 32.1 Å². The molecule has 70 heavy (non-hydrogen) atoms. The molecule has 1 fully saturated rings. The molecule has 0 aromatic rings. The second kappa shape index (κ2) is 40.1. The molecule has 9 atom stereocenters. The molecule has 0 heterocycles. The zero-order chi connectivity index (χ0) is 51.9. The number of phosphoric ester groups is 2. The number of hydrogen-bond donors (Lipinski definition) is 8. The average molecular weight is 1030 g/mol. The van der Waals surface area contributed by atoms with Gasteiger partial charge in [0.15, 0.2) is 6.10 Å². The highest BCUT2D eigenvalue weighted by atomic mass is 31.2. The number of aliphatic hydroxyl groups excluding tert-OH is 5. The quantitative estimate of drug-likeness (QED) is 0.0124. The highest BCUT2D eigenvalue weighted by Gasteiger charge is 2.54. The first kappa shape index (κ1) is 64.6. The first-order chi connectivity index (χ1) is 33.5. The van der Waals surface area contributed by atoms with Crippen LogP contribution < -0.4 is 0 Å². The summed E-state index contributed by atoms with van der Waals surface area (Å²) in [4.78, 5) is 54.3. The van der Waals surface area contributed by atoms with Gasteiger partial charge in [0.25, 0.3) is 0 Å². The lowest BCUT2D eigenvalue weighted by Gasteiger charge is -2.43. The van der Waals surface area contributed by atoms with Gasteiger partial charge in [-0.15, -0.1) is 0 Å². The number of allylic oxidation sites excluding steroid dienone is 18. The Morgan fingerprint density at radius 3 is 1.43 bits per heavy atom. The minimum Gasteiger partial charge on any atom is -0.462 e. The number of carbonyl (C=O) groups excluding carboxylic acids is 2. The normalized spacial score (nSPS) is 22.4. The van der Waals surface area contributed by atoms with Crippen LogP contribution in [-0.2, 0) is 41.8 Å². The Hall–Kier alpha value is -3.38. The fourth-order valence-corrected chi connectivity index (χ4v) is 8.05. The molecule has 0 spiro atoms. The summed E-state index contributed by atoms with van der Waals surface area (Å²) in [6.07, 6.45) is 35.7. The first-order valence-corrected chi connectivity index (χ1v) is 27.5. The highest BCUT2D eigenvalue weighted by molar-refractivity contribution is 7.47. The topological polar surface area (TPSA) is 276 Å². The summed E-state index contributed by atoms with van der Waals surface area (Å²) >= 11 is 0. The molecule has 0 aromatic carbocycles. The van der Waals surface area contributed by atoms with E-state index in [1.54, 1.807) is 0 Å². The van der Waals surface area contributed by atoms with E-state index >= 15 is 0 Å². The number of unbranched alkanes of at least 4 members (excludes halogenated alkanes) is 4. The number of hydrogen-bond acceptors (Lipinski definition) is 14. The maximum Gasteiger partial charge on any atom is 0.472 e. The molecule has 0 bridgehead atoms. The smallest absolute Gasteiger partial charge is 0.462 e. The van der Waals surface area contributed by atoms with Gasteiger partial charge in [0.1, 0.15) is 43.2 Å². The van der Waals surface area contributed by atoms with Crippen molar-refractivity contribution in [2.24, 2.45) is 0 Å². The summed E-state index contributed by atoms with van der Waals surface area (Å²) in [6.45, 7) is 2.68. The predicted molar refractivity (Wildman–Crippen MR) is 270 cm³/mol. The average Bonchev–Trinajstić information content (AvgIpc) is 3.32. The SMILES string of the molecule is CCCCC/C=C\C/C=C\C/C=C\C/C=C\C/C=C\CCC(=O)OC[C@H](COP(=O)(O)O[C@H]1C(O)C(O)C(O)[C@@H](OP(=O)(O)O)C1O)OC(=O)CCC/C=C\C/C=C\C/C=C\C/C=C\CC[C@H](O)CC. The van der Waals surface area contributed by atoms with Crippen molar-refractivity contribution in [2.45, 2.75) is 185 Å². The van der Waals surface area contributed by atoms with Crippen molar-refractivity contribution in [2.75, 3.05) is 13.2 Å². The Labute approximate surface area is 415 Å². The first-order valence-electron chi connectivity index (χ1n) is 24.5. The Kier molecular flexibility index (Phi) is 37.1. The fourth-order valence-electron chi connectivity index (χ4n) is 6.51. The second-order valence-electron chi connectivity index (χ2n) is 16.6. The van der Waals surface area contributed by atoms with Crippen molar-refractivity contribution in [1.29, 1.82) is 0 Å². The van der Waals surface area contributed by atoms with Gasteiger partial charge in [-0.25, -0.2) is 9.13 Å². The van der Waals surface area contributed by atoms with Gasteiger partial charge in [-0.2, -0.15) is 0 Å². The summed E-state index contributed by atoms with van der Waals surface area (Å²) in [5, 5.41) is 50.8.